The molecule has 0 saturated heterocycles. The molecule has 1 fully saturated rings. The average Bonchev–Trinajstić information content (AvgIpc) is 2.77. The molecule has 0 N–H and O–H groups in total. The van der Waals surface area contributed by atoms with Crippen molar-refractivity contribution in [3.8, 4) is 0 Å². The summed E-state index contributed by atoms with van der Waals surface area (Å²) >= 11 is 12.1. The zero-order valence-electron chi connectivity index (χ0n) is 11.7. The first-order valence-electron chi connectivity index (χ1n) is 5.85. The minimum absolute atomic E-state index is 0. The van der Waals surface area contributed by atoms with Crippen LogP contribution in [0.1, 0.15) is 43.0 Å². The molecule has 1 aliphatic rings. The van der Waals surface area contributed by atoms with Crippen molar-refractivity contribution in [2.24, 2.45) is 0 Å². The maximum atomic E-state index is 12.3. The first-order valence-corrected chi connectivity index (χ1v) is 7.68. The Hall–Kier alpha value is 0.497. The van der Waals surface area contributed by atoms with Crippen LogP contribution in [-0.4, -0.2) is 11.2 Å². The molecule has 0 aromatic heterocycles. The van der Waals surface area contributed by atoms with Gasteiger partial charge in [0.1, 0.15) is 0 Å². The standard InChI is InChI=1S/C13H15Cl2OP.Li.H/c1-8-10(14)6-7-11(15)12(8)13(16)17-9-4-2-3-5-9;;/h6-7,9,17H,2-5H2,1H3;;/q;+1;-1. The molecule has 0 radical (unpaired) electrons. The fraction of sp³-hybridized carbons (Fsp3) is 0.462. The summed E-state index contributed by atoms with van der Waals surface area (Å²) < 4.78 is 0. The van der Waals surface area contributed by atoms with Crippen LogP contribution in [0.2, 0.25) is 10.0 Å². The molecule has 1 unspecified atom stereocenters. The van der Waals surface area contributed by atoms with E-state index in [-0.39, 0.29) is 25.8 Å². The number of halogens is 2. The quantitative estimate of drug-likeness (QED) is 0.617. The van der Waals surface area contributed by atoms with E-state index in [0.717, 1.165) is 5.56 Å². The molecule has 1 aromatic carbocycles. The van der Waals surface area contributed by atoms with Gasteiger partial charge in [0.05, 0.1) is 5.02 Å². The predicted octanol–water partition coefficient (Wildman–Crippen LogP) is 2.18. The van der Waals surface area contributed by atoms with Crippen molar-refractivity contribution in [2.75, 3.05) is 0 Å². The monoisotopic (exact) mass is 296 g/mol. The summed E-state index contributed by atoms with van der Waals surface area (Å²) in [5.41, 5.74) is 2.18. The molecule has 0 bridgehead atoms. The number of hydrogen-bond donors (Lipinski definition) is 0. The smallest absolute Gasteiger partial charge is 1.00 e. The van der Waals surface area contributed by atoms with E-state index in [1.807, 2.05) is 6.92 Å². The largest absolute Gasteiger partial charge is 1.00 e. The first-order chi connectivity index (χ1) is 8.09. The van der Waals surface area contributed by atoms with E-state index in [4.69, 9.17) is 23.2 Å². The van der Waals surface area contributed by atoms with E-state index in [1.54, 1.807) is 12.1 Å². The zero-order valence-corrected chi connectivity index (χ0v) is 13.2. The summed E-state index contributed by atoms with van der Waals surface area (Å²) in [5, 5.41) is 1.15. The van der Waals surface area contributed by atoms with Gasteiger partial charge in [-0.05, 0) is 51.7 Å². The van der Waals surface area contributed by atoms with E-state index >= 15 is 0 Å². The molecular weight excluding hydrogens is 281 g/mol. The maximum Gasteiger partial charge on any atom is 1.00 e. The topological polar surface area (TPSA) is 17.1 Å². The summed E-state index contributed by atoms with van der Waals surface area (Å²) in [6, 6.07) is 3.46. The Morgan fingerprint density at radius 1 is 1.28 bits per heavy atom. The molecule has 1 aromatic rings. The predicted molar refractivity (Wildman–Crippen MR) is 77.2 cm³/mol. The van der Waals surface area contributed by atoms with Crippen LogP contribution in [0.5, 0.6) is 0 Å². The second-order valence-corrected chi connectivity index (χ2v) is 6.86. The summed E-state index contributed by atoms with van der Waals surface area (Å²) in [4.78, 5) is 12.3. The normalized spacial score (nSPS) is 16.2. The second kappa shape index (κ2) is 7.33. The molecule has 0 aliphatic heterocycles. The summed E-state index contributed by atoms with van der Waals surface area (Å²) in [7, 11) is 0.344. The van der Waals surface area contributed by atoms with E-state index in [1.165, 1.54) is 25.7 Å². The number of hydrogen-bond acceptors (Lipinski definition) is 1. The Labute approximate surface area is 133 Å². The Morgan fingerprint density at radius 3 is 2.44 bits per heavy atom. The molecule has 5 heteroatoms. The summed E-state index contributed by atoms with van der Waals surface area (Å²) in [5.74, 6) is 0. The first kappa shape index (κ1) is 16.6. The molecule has 0 amide bonds. The van der Waals surface area contributed by atoms with Gasteiger partial charge in [0, 0.05) is 10.6 Å². The van der Waals surface area contributed by atoms with Crippen LogP contribution in [0.4, 0.5) is 0 Å². The van der Waals surface area contributed by atoms with Crippen LogP contribution in [0, 0.1) is 6.92 Å². The SMILES string of the molecule is Cc1c(Cl)ccc(Cl)c1C(=O)PC1CCCC1.[H-].[Li+]. The average molecular weight is 297 g/mol. The van der Waals surface area contributed by atoms with Crippen molar-refractivity contribution >= 4 is 37.3 Å². The summed E-state index contributed by atoms with van der Waals surface area (Å²) in [6.45, 7) is 1.86. The van der Waals surface area contributed by atoms with Gasteiger partial charge < -0.3 is 1.43 Å². The van der Waals surface area contributed by atoms with Gasteiger partial charge in [-0.2, -0.15) is 0 Å². The second-order valence-electron chi connectivity index (χ2n) is 4.48. The zero-order chi connectivity index (χ0) is 12.4. The molecule has 1 aliphatic carbocycles. The van der Waals surface area contributed by atoms with Crippen LogP contribution in [-0.2, 0) is 0 Å². The Morgan fingerprint density at radius 2 is 1.83 bits per heavy atom. The molecule has 2 rings (SSSR count). The van der Waals surface area contributed by atoms with Gasteiger partial charge in [0.2, 0.25) is 0 Å². The van der Waals surface area contributed by atoms with Gasteiger partial charge in [-0.3, -0.25) is 4.79 Å². The van der Waals surface area contributed by atoms with Gasteiger partial charge >= 0.3 is 18.9 Å². The molecule has 0 heterocycles. The fourth-order valence-electron chi connectivity index (χ4n) is 2.26. The maximum absolute atomic E-state index is 12.3. The third kappa shape index (κ3) is 3.75. The van der Waals surface area contributed by atoms with Crippen molar-refractivity contribution in [2.45, 2.75) is 38.3 Å². The van der Waals surface area contributed by atoms with Crippen LogP contribution in [0.25, 0.3) is 0 Å². The van der Waals surface area contributed by atoms with Gasteiger partial charge in [-0.15, -0.1) is 0 Å². The molecule has 18 heavy (non-hydrogen) atoms. The molecule has 1 saturated carbocycles. The van der Waals surface area contributed by atoms with Gasteiger partial charge in [0.25, 0.3) is 0 Å². The van der Waals surface area contributed by atoms with Crippen molar-refractivity contribution in [3.05, 3.63) is 33.3 Å². The van der Waals surface area contributed by atoms with E-state index in [2.05, 4.69) is 0 Å². The van der Waals surface area contributed by atoms with Crippen LogP contribution < -0.4 is 18.9 Å². The number of carbonyl (C=O) groups is 1. The number of carbonyl (C=O) groups excluding carboxylic acids is 1. The van der Waals surface area contributed by atoms with Gasteiger partial charge in [-0.25, -0.2) is 0 Å². The van der Waals surface area contributed by atoms with Crippen molar-refractivity contribution in [3.63, 3.8) is 0 Å². The fourth-order valence-corrected chi connectivity index (χ4v) is 4.32. The Kier molecular flexibility index (Phi) is 6.74. The molecular formula is C13H16Cl2LiOP. The van der Waals surface area contributed by atoms with Gasteiger partial charge in [0.15, 0.2) is 5.52 Å². The Balaban J connectivity index is 0.00000162. The molecule has 1 nitrogen and oxygen atoms in total. The minimum atomic E-state index is 0. The third-order valence-corrected chi connectivity index (χ3v) is 5.49. The van der Waals surface area contributed by atoms with Crippen molar-refractivity contribution in [1.82, 2.24) is 0 Å². The van der Waals surface area contributed by atoms with Gasteiger partial charge in [-0.1, -0.05) is 36.0 Å². The van der Waals surface area contributed by atoms with Crippen molar-refractivity contribution in [1.29, 1.82) is 0 Å². The molecule has 94 valence electrons. The van der Waals surface area contributed by atoms with Crippen LogP contribution in [0.15, 0.2) is 12.1 Å². The van der Waals surface area contributed by atoms with E-state index < -0.39 is 0 Å². The van der Waals surface area contributed by atoms with Crippen molar-refractivity contribution < 1.29 is 25.1 Å². The van der Waals surface area contributed by atoms with Crippen LogP contribution >= 0.6 is 31.8 Å². The van der Waals surface area contributed by atoms with Crippen LogP contribution in [0.3, 0.4) is 0 Å². The third-order valence-electron chi connectivity index (χ3n) is 3.27. The molecule has 1 atom stereocenters. The van der Waals surface area contributed by atoms with E-state index in [0.29, 0.717) is 29.8 Å². The minimum Gasteiger partial charge on any atom is -1.00 e. The molecule has 0 spiro atoms. The number of benzene rings is 1. The Bertz CT molecular complexity index is 451. The summed E-state index contributed by atoms with van der Waals surface area (Å²) in [6.07, 6.45) is 4.88. The van der Waals surface area contributed by atoms with E-state index in [9.17, 15) is 4.79 Å². The number of rotatable bonds is 3.